The second-order valence-corrected chi connectivity index (χ2v) is 4.04. The van der Waals surface area contributed by atoms with Gasteiger partial charge >= 0.3 is 0 Å². The number of rotatable bonds is 1. The average Bonchev–Trinajstić information content (AvgIpc) is 2.22. The maximum absolute atomic E-state index is 5.98. The molecule has 2 aromatic rings. The van der Waals surface area contributed by atoms with E-state index < -0.39 is 0 Å². The smallest absolute Gasteiger partial charge is 0.0705 e. The van der Waals surface area contributed by atoms with Gasteiger partial charge in [-0.05, 0) is 43.7 Å². The molecule has 2 heteroatoms. The number of hydrogen-bond acceptors (Lipinski definition) is 1. The van der Waals surface area contributed by atoms with Crippen LogP contribution in [0, 0.1) is 13.8 Å². The van der Waals surface area contributed by atoms with Gasteiger partial charge in [-0.1, -0.05) is 23.7 Å². The Hall–Kier alpha value is -1.34. The maximum atomic E-state index is 5.98. The Morgan fingerprint density at radius 2 is 1.87 bits per heavy atom. The van der Waals surface area contributed by atoms with Crippen molar-refractivity contribution in [3.8, 4) is 11.3 Å². The first-order valence-electron chi connectivity index (χ1n) is 4.87. The van der Waals surface area contributed by atoms with Gasteiger partial charge in [0.1, 0.15) is 0 Å². The normalized spacial score (nSPS) is 10.3. The molecule has 0 fully saturated rings. The van der Waals surface area contributed by atoms with E-state index in [1.165, 1.54) is 0 Å². The molecule has 0 radical (unpaired) electrons. The minimum absolute atomic E-state index is 0.798. The second kappa shape index (κ2) is 4.03. The minimum atomic E-state index is 0.798. The van der Waals surface area contributed by atoms with E-state index in [1.807, 2.05) is 44.2 Å². The van der Waals surface area contributed by atoms with Crippen LogP contribution < -0.4 is 0 Å². The van der Waals surface area contributed by atoms with Crippen molar-refractivity contribution < 1.29 is 0 Å². The third-order valence-electron chi connectivity index (χ3n) is 2.34. The van der Waals surface area contributed by atoms with Crippen LogP contribution in [0.4, 0.5) is 0 Å². The van der Waals surface area contributed by atoms with Crippen molar-refractivity contribution >= 4 is 11.6 Å². The van der Waals surface area contributed by atoms with E-state index >= 15 is 0 Å². The lowest BCUT2D eigenvalue weighted by Gasteiger charge is -2.04. The van der Waals surface area contributed by atoms with Crippen LogP contribution in [0.2, 0.25) is 5.02 Å². The summed E-state index contributed by atoms with van der Waals surface area (Å²) in [6.45, 7) is 3.99. The van der Waals surface area contributed by atoms with Crippen molar-refractivity contribution in [3.63, 3.8) is 0 Å². The van der Waals surface area contributed by atoms with Crippen LogP contribution in [0.5, 0.6) is 0 Å². The molecule has 76 valence electrons. The van der Waals surface area contributed by atoms with E-state index in [0.29, 0.717) is 0 Å². The highest BCUT2D eigenvalue weighted by atomic mass is 35.5. The fraction of sp³-hybridized carbons (Fsp3) is 0.154. The molecule has 0 bridgehead atoms. The highest BCUT2D eigenvalue weighted by Gasteiger charge is 2.01. The summed E-state index contributed by atoms with van der Waals surface area (Å²) < 4.78 is 0. The lowest BCUT2D eigenvalue weighted by atomic mass is 10.1. The third-order valence-corrected chi connectivity index (χ3v) is 2.77. The van der Waals surface area contributed by atoms with Crippen molar-refractivity contribution in [1.29, 1.82) is 0 Å². The molecule has 0 saturated carbocycles. The molecule has 1 nitrogen and oxygen atoms in total. The van der Waals surface area contributed by atoms with Gasteiger partial charge in [-0.15, -0.1) is 0 Å². The summed E-state index contributed by atoms with van der Waals surface area (Å²) in [5.74, 6) is 0. The molecule has 2 rings (SSSR count). The van der Waals surface area contributed by atoms with Gasteiger partial charge in [0.05, 0.1) is 5.69 Å². The fourth-order valence-corrected chi connectivity index (χ4v) is 1.63. The summed E-state index contributed by atoms with van der Waals surface area (Å²) in [7, 11) is 0. The number of nitrogens with zero attached hydrogens (tertiary/aromatic N) is 1. The predicted octanol–water partition coefficient (Wildman–Crippen LogP) is 4.02. The zero-order valence-electron chi connectivity index (χ0n) is 8.79. The zero-order chi connectivity index (χ0) is 10.8. The molecule has 0 aliphatic rings. The summed E-state index contributed by atoms with van der Waals surface area (Å²) in [6, 6.07) is 12.0. The van der Waals surface area contributed by atoms with E-state index in [2.05, 4.69) is 11.1 Å². The largest absolute Gasteiger partial charge is 0.253 e. The maximum Gasteiger partial charge on any atom is 0.0705 e. The molecule has 1 aromatic heterocycles. The third kappa shape index (κ3) is 2.18. The summed E-state index contributed by atoms with van der Waals surface area (Å²) >= 11 is 5.98. The van der Waals surface area contributed by atoms with Gasteiger partial charge in [-0.3, -0.25) is 4.98 Å². The summed E-state index contributed by atoms with van der Waals surface area (Å²) in [5, 5.41) is 0.798. The molecular formula is C13H12ClN. The van der Waals surface area contributed by atoms with Gasteiger partial charge < -0.3 is 0 Å². The Morgan fingerprint density at radius 3 is 2.53 bits per heavy atom. The lowest BCUT2D eigenvalue weighted by molar-refractivity contribution is 1.20. The van der Waals surface area contributed by atoms with E-state index in [9.17, 15) is 0 Å². The molecular weight excluding hydrogens is 206 g/mol. The van der Waals surface area contributed by atoms with Crippen LogP contribution in [-0.4, -0.2) is 4.98 Å². The lowest BCUT2D eigenvalue weighted by Crippen LogP contribution is -1.87. The number of halogens is 1. The molecule has 1 aromatic carbocycles. The topological polar surface area (TPSA) is 12.9 Å². The first-order valence-corrected chi connectivity index (χ1v) is 5.25. The van der Waals surface area contributed by atoms with Crippen molar-refractivity contribution in [2.24, 2.45) is 0 Å². The number of benzene rings is 1. The number of aryl methyl sites for hydroxylation is 2. The summed E-state index contributed by atoms with van der Waals surface area (Å²) in [4.78, 5) is 4.47. The molecule has 1 heterocycles. The van der Waals surface area contributed by atoms with Crippen LogP contribution in [0.15, 0.2) is 36.4 Å². The van der Waals surface area contributed by atoms with E-state index in [-0.39, 0.29) is 0 Å². The quantitative estimate of drug-likeness (QED) is 0.703. The number of aromatic nitrogens is 1. The van der Waals surface area contributed by atoms with Crippen LogP contribution >= 0.6 is 11.6 Å². The summed E-state index contributed by atoms with van der Waals surface area (Å²) in [5.41, 5.74) is 4.22. The minimum Gasteiger partial charge on any atom is -0.253 e. The Labute approximate surface area is 94.7 Å². The standard InChI is InChI=1S/C13H12ClN/c1-9-8-11(6-7-12(9)14)13-5-3-4-10(2)15-13/h3-8H,1-2H3. The Bertz CT molecular complexity index is 492. The van der Waals surface area contributed by atoms with Gasteiger partial charge in [-0.25, -0.2) is 0 Å². The molecule has 0 amide bonds. The van der Waals surface area contributed by atoms with Crippen LogP contribution in [0.25, 0.3) is 11.3 Å². The first kappa shape index (κ1) is 10.2. The van der Waals surface area contributed by atoms with Crippen molar-refractivity contribution in [1.82, 2.24) is 4.98 Å². The molecule has 0 unspecified atom stereocenters. The number of pyridine rings is 1. The number of hydrogen-bond donors (Lipinski definition) is 0. The second-order valence-electron chi connectivity index (χ2n) is 3.63. The molecule has 15 heavy (non-hydrogen) atoms. The zero-order valence-corrected chi connectivity index (χ0v) is 9.55. The van der Waals surface area contributed by atoms with Crippen molar-refractivity contribution in [3.05, 3.63) is 52.7 Å². The Balaban J connectivity index is 2.50. The molecule has 0 atom stereocenters. The van der Waals surface area contributed by atoms with Gasteiger partial charge in [0, 0.05) is 16.3 Å². The molecule has 0 N–H and O–H groups in total. The van der Waals surface area contributed by atoms with Gasteiger partial charge in [0.2, 0.25) is 0 Å². The van der Waals surface area contributed by atoms with Crippen molar-refractivity contribution in [2.75, 3.05) is 0 Å². The van der Waals surface area contributed by atoms with Crippen LogP contribution in [-0.2, 0) is 0 Å². The van der Waals surface area contributed by atoms with E-state index in [4.69, 9.17) is 11.6 Å². The van der Waals surface area contributed by atoms with E-state index in [1.54, 1.807) is 0 Å². The fourth-order valence-electron chi connectivity index (χ4n) is 1.51. The van der Waals surface area contributed by atoms with Crippen molar-refractivity contribution in [2.45, 2.75) is 13.8 Å². The van der Waals surface area contributed by atoms with Crippen LogP contribution in [0.3, 0.4) is 0 Å². The van der Waals surface area contributed by atoms with E-state index in [0.717, 1.165) is 27.5 Å². The molecule has 0 saturated heterocycles. The van der Waals surface area contributed by atoms with Crippen LogP contribution in [0.1, 0.15) is 11.3 Å². The predicted molar refractivity (Wildman–Crippen MR) is 64.2 cm³/mol. The summed E-state index contributed by atoms with van der Waals surface area (Å²) in [6.07, 6.45) is 0. The molecule has 0 aliphatic heterocycles. The Kier molecular flexibility index (Phi) is 2.74. The monoisotopic (exact) mass is 217 g/mol. The molecule has 0 spiro atoms. The first-order chi connectivity index (χ1) is 7.16. The SMILES string of the molecule is Cc1cccc(-c2ccc(Cl)c(C)c2)n1. The molecule has 0 aliphatic carbocycles. The highest BCUT2D eigenvalue weighted by Crippen LogP contribution is 2.23. The van der Waals surface area contributed by atoms with Gasteiger partial charge in [0.25, 0.3) is 0 Å². The average molecular weight is 218 g/mol. The Morgan fingerprint density at radius 1 is 1.07 bits per heavy atom. The van der Waals surface area contributed by atoms with Gasteiger partial charge in [-0.2, -0.15) is 0 Å². The highest BCUT2D eigenvalue weighted by molar-refractivity contribution is 6.31. The van der Waals surface area contributed by atoms with Gasteiger partial charge in [0.15, 0.2) is 0 Å².